The number of aliphatic hydroxyl groups is 2. The predicted molar refractivity (Wildman–Crippen MR) is 547 cm³/mol. The Balaban J connectivity index is 0.000000109. The number of phenols is 4. The van der Waals surface area contributed by atoms with Crippen LogP contribution in [-0.2, 0) is 117 Å². The van der Waals surface area contributed by atoms with Gasteiger partial charge in [0.2, 0.25) is 0 Å². The molecule has 42 heteroatoms. The molecule has 18 aromatic rings. The van der Waals surface area contributed by atoms with E-state index in [0.29, 0.717) is 148 Å². The molecule has 6 aliphatic rings. The van der Waals surface area contributed by atoms with E-state index in [9.17, 15) is 76.0 Å². The second-order valence-corrected chi connectivity index (χ2v) is 47.2. The third kappa shape index (κ3) is 19.7. The molecule has 6 aliphatic heterocycles. The van der Waals surface area contributed by atoms with Gasteiger partial charge in [-0.05, 0) is 260 Å². The Bertz CT molecular complexity index is 8850. The lowest BCUT2D eigenvalue weighted by Gasteiger charge is -2.13. The molecule has 0 amide bonds. The fourth-order valence-corrected chi connectivity index (χ4v) is 27.5. The molecule has 12 N–H and O–H groups in total. The number of rotatable bonds is 15. The SMILES string of the molecule is Cc1cc(Nc2ncnc3ccc4c(c23)CCS4(=O)=O)ccc1O.Cc1ccc(Nc2ncnc3ccc4c(c23)CCS4(=O)=O)cc1O.Cc1ccc(O)c(Nc2ncnc3ccc4c(c23)CCS4(=O)=O)c1.O=S1(=O)CCc2c1ccc1ncnc(NCc3ccc(O)cc3)c21.O=S1(=O)CCc2c1ccc1ncnc(Nc3ccc(CO)cc3)c21.O=S1(=O)CCc2c1ccc1ncnc(Nc3ccccc3CO)c21. The summed E-state index contributed by atoms with van der Waals surface area (Å²) in [5, 5.41) is 81.1. The van der Waals surface area contributed by atoms with Crippen molar-refractivity contribution < 1.29 is 81.1 Å². The molecule has 24 rings (SSSR count). The van der Waals surface area contributed by atoms with E-state index in [0.717, 1.165) is 122 Å². The summed E-state index contributed by atoms with van der Waals surface area (Å²) in [6.45, 7) is 5.95. The molecule has 0 saturated carbocycles. The number of anilines is 11. The van der Waals surface area contributed by atoms with Crippen LogP contribution in [0.25, 0.3) is 65.4 Å². The summed E-state index contributed by atoms with van der Waals surface area (Å²) in [6.07, 6.45) is 11.5. The first kappa shape index (κ1) is 97.1. The van der Waals surface area contributed by atoms with Crippen molar-refractivity contribution in [3.8, 4) is 23.0 Å². The molecule has 0 bridgehead atoms. The second kappa shape index (κ2) is 39.3. The summed E-state index contributed by atoms with van der Waals surface area (Å²) < 4.78 is 146. The summed E-state index contributed by atoms with van der Waals surface area (Å²) in [6, 6.07) is 57.3. The molecule has 0 radical (unpaired) electrons. The zero-order valence-electron chi connectivity index (χ0n) is 77.0. The summed E-state index contributed by atoms with van der Waals surface area (Å²) >= 11 is 0. The number of fused-ring (bicyclic) bond motifs is 18. The van der Waals surface area contributed by atoms with Crippen LogP contribution in [0.15, 0.2) is 268 Å². The number of aliphatic hydroxyl groups excluding tert-OH is 2. The Morgan fingerprint density at radius 1 is 0.271 bits per heavy atom. The van der Waals surface area contributed by atoms with Crippen LogP contribution in [0.3, 0.4) is 0 Å². The van der Waals surface area contributed by atoms with Gasteiger partial charge in [-0.15, -0.1) is 0 Å². The van der Waals surface area contributed by atoms with Gasteiger partial charge in [0.1, 0.15) is 95.9 Å². The van der Waals surface area contributed by atoms with Crippen LogP contribution in [0.4, 0.5) is 63.3 Å². The Morgan fingerprint density at radius 2 is 0.590 bits per heavy atom. The lowest BCUT2D eigenvalue weighted by molar-refractivity contribution is 0.282. The van der Waals surface area contributed by atoms with Crippen LogP contribution in [0.1, 0.15) is 66.8 Å². The van der Waals surface area contributed by atoms with Crippen LogP contribution < -0.4 is 31.9 Å². The minimum absolute atomic E-state index is 0.0118. The molecule has 0 fully saturated rings. The zero-order valence-corrected chi connectivity index (χ0v) is 81.9. The molecule has 0 unspecified atom stereocenters. The minimum Gasteiger partial charge on any atom is -0.508 e. The highest BCUT2D eigenvalue weighted by Crippen LogP contribution is 2.44. The van der Waals surface area contributed by atoms with E-state index in [4.69, 9.17) is 5.11 Å². The van der Waals surface area contributed by atoms with Gasteiger partial charge in [-0.3, -0.25) is 0 Å². The van der Waals surface area contributed by atoms with Gasteiger partial charge in [0, 0.05) is 73.2 Å². The average Bonchev–Trinajstić information content (AvgIpc) is 1.58. The predicted octanol–water partition coefficient (Wildman–Crippen LogP) is 14.8. The van der Waals surface area contributed by atoms with Crippen molar-refractivity contribution in [1.82, 2.24) is 59.8 Å². The molecule has 6 aromatic heterocycles. The lowest BCUT2D eigenvalue weighted by atomic mass is 10.1. The number of nitrogens with zero attached hydrogens (tertiary/aromatic N) is 12. The van der Waals surface area contributed by atoms with E-state index < -0.39 is 59.0 Å². The first-order valence-corrected chi connectivity index (χ1v) is 55.1. The maximum absolute atomic E-state index is 12.2. The van der Waals surface area contributed by atoms with Crippen LogP contribution in [0.2, 0.25) is 0 Å². The van der Waals surface area contributed by atoms with Gasteiger partial charge in [-0.2, -0.15) is 0 Å². The molecule has 0 atom stereocenters. The average molecular weight is 2050 g/mol. The lowest BCUT2D eigenvalue weighted by Crippen LogP contribution is -2.04. The molecule has 732 valence electrons. The number of sulfone groups is 6. The van der Waals surface area contributed by atoms with Gasteiger partial charge in [0.05, 0.1) is 116 Å². The van der Waals surface area contributed by atoms with Gasteiger partial charge in [0.25, 0.3) is 0 Å². The van der Waals surface area contributed by atoms with Crippen molar-refractivity contribution in [3.63, 3.8) is 0 Å². The van der Waals surface area contributed by atoms with E-state index in [1.807, 2.05) is 106 Å². The fourth-order valence-electron chi connectivity index (χ4n) is 18.2. The summed E-state index contributed by atoms with van der Waals surface area (Å²) in [5.74, 6) is 4.81. The highest BCUT2D eigenvalue weighted by molar-refractivity contribution is 7.93. The Morgan fingerprint density at radius 3 is 0.958 bits per heavy atom. The number of aromatic nitrogens is 12. The highest BCUT2D eigenvalue weighted by Gasteiger charge is 2.36. The highest BCUT2D eigenvalue weighted by atomic mass is 32.2. The van der Waals surface area contributed by atoms with Crippen molar-refractivity contribution in [3.05, 3.63) is 305 Å². The van der Waals surface area contributed by atoms with Crippen molar-refractivity contribution in [2.75, 3.05) is 66.4 Å². The van der Waals surface area contributed by atoms with Gasteiger partial charge in [-0.1, -0.05) is 54.6 Å². The number of phenolic OH excluding ortho intramolecular Hbond substituents is 4. The number of aryl methyl sites for hydroxylation is 9. The van der Waals surface area contributed by atoms with Crippen LogP contribution in [0, 0.1) is 20.8 Å². The standard InChI is InChI=1S/6C17H15N3O3S/c1-10-8-11(2-4-14(10)21)20-17-16-12-6-7-24(22,23)15(12)5-3-13(16)18-9-19-17;1-10-2-4-14(21)13(8-10)20-17-16-11-6-7-24(22,23)15(11)5-3-12(16)18-9-19-17;1-10-2-3-11(8-14(10)21)20-17-16-12-6-7-24(22,23)15(12)5-4-13(16)18-9-19-17;21-9-11-1-3-12(4-2-11)20-17-16-13-7-8-24(22,23)15(13)6-5-14(16)18-10-19-17;21-12-3-1-11(2-4-12)9-18-17-16-13-7-8-24(22,23)15(13)6-5-14(16)19-10-20-17;21-9-11-3-1-2-4-13(11)20-17-16-12-7-8-24(22,23)15(12)6-5-14(16)18-10-19-17/h3*2-5,8-9,21H,6-7H2,1H3,(H,18,19,20);3*1-6,10,21H,7-9H2,(H,18,19,20). The number of hydrogen-bond acceptors (Lipinski definition) is 36. The molecule has 0 spiro atoms. The number of aromatic hydroxyl groups is 4. The molecular weight excluding hydrogens is 1960 g/mol. The van der Waals surface area contributed by atoms with E-state index in [1.54, 1.807) is 115 Å². The fraction of sp³-hybridized carbons (Fsp3) is 0.176. The van der Waals surface area contributed by atoms with Crippen LogP contribution in [0.5, 0.6) is 23.0 Å². The number of benzene rings is 12. The molecule has 0 aliphatic carbocycles. The first-order chi connectivity index (χ1) is 69.1. The molecule has 36 nitrogen and oxygen atoms in total. The number of nitrogens with one attached hydrogen (secondary N) is 6. The normalized spacial score (nSPS) is 15.4. The largest absolute Gasteiger partial charge is 0.508 e. The smallest absolute Gasteiger partial charge is 0.179 e. The third-order valence-corrected chi connectivity index (χ3v) is 36.3. The van der Waals surface area contributed by atoms with Gasteiger partial charge in [-0.25, -0.2) is 110 Å². The Labute approximate surface area is 825 Å². The van der Waals surface area contributed by atoms with E-state index in [2.05, 4.69) is 91.7 Å². The van der Waals surface area contributed by atoms with E-state index in [-0.39, 0.29) is 70.7 Å². The van der Waals surface area contributed by atoms with Crippen molar-refractivity contribution in [2.24, 2.45) is 0 Å². The monoisotopic (exact) mass is 2050 g/mol. The molecule has 0 saturated heterocycles. The van der Waals surface area contributed by atoms with Crippen molar-refractivity contribution in [1.29, 1.82) is 0 Å². The topological polar surface area (TPSA) is 553 Å². The first-order valence-electron chi connectivity index (χ1n) is 45.2. The van der Waals surface area contributed by atoms with Crippen molar-refractivity contribution in [2.45, 2.75) is 108 Å². The number of hydrogen-bond donors (Lipinski definition) is 12. The summed E-state index contributed by atoms with van der Waals surface area (Å²) in [5.41, 5.74) is 17.4. The van der Waals surface area contributed by atoms with Crippen molar-refractivity contribution >= 4 is 188 Å². The van der Waals surface area contributed by atoms with Gasteiger partial charge >= 0.3 is 0 Å². The maximum atomic E-state index is 12.2. The molecular formula is C102H90N18O18S6. The maximum Gasteiger partial charge on any atom is 0.179 e. The van der Waals surface area contributed by atoms with Gasteiger partial charge < -0.3 is 62.5 Å². The van der Waals surface area contributed by atoms with E-state index in [1.165, 1.54) is 38.0 Å². The van der Waals surface area contributed by atoms with Crippen LogP contribution in [-0.4, -0.2) is 175 Å². The summed E-state index contributed by atoms with van der Waals surface area (Å²) in [7, 11) is -19.3. The second-order valence-electron chi connectivity index (χ2n) is 34.7. The summed E-state index contributed by atoms with van der Waals surface area (Å²) in [4.78, 5) is 53.5. The Hall–Kier alpha value is -15.7. The van der Waals surface area contributed by atoms with Crippen LogP contribution >= 0.6 is 0 Å². The van der Waals surface area contributed by atoms with E-state index >= 15 is 0 Å². The Kier molecular flexibility index (Phi) is 26.5. The quantitative estimate of drug-likeness (QED) is 0.0335. The van der Waals surface area contributed by atoms with Gasteiger partial charge in [0.15, 0.2) is 59.0 Å². The minimum atomic E-state index is -3.23. The molecule has 144 heavy (non-hydrogen) atoms. The third-order valence-electron chi connectivity index (χ3n) is 25.5. The molecule has 12 aromatic carbocycles. The molecule has 12 heterocycles. The zero-order chi connectivity index (χ0) is 101. The number of para-hydroxylation sites is 1.